The Labute approximate surface area is 78.5 Å². The minimum Gasteiger partial charge on any atom is -0.548 e. The molecule has 1 aromatic carbocycles. The largest absolute Gasteiger partial charge is 0.548 e. The van der Waals surface area contributed by atoms with Crippen LogP contribution in [0.25, 0.3) is 0 Å². The number of carbonyl (C=O) groups excluding carboxylic acids is 1. The molecule has 0 bridgehead atoms. The average Bonchev–Trinajstić information content (AvgIpc) is 2.01. The maximum Gasteiger partial charge on any atom is 0.150 e. The molecule has 0 saturated heterocycles. The molecule has 2 N–H and O–H groups in total. The first-order chi connectivity index (χ1) is 6.52. The number of aliphatic carboxylic acids is 1. The Hall–Kier alpha value is -1.69. The summed E-state index contributed by atoms with van der Waals surface area (Å²) < 4.78 is 26.0. The third kappa shape index (κ3) is 2.17. The number of carboxylic acids is 1. The number of halogens is 2. The van der Waals surface area contributed by atoms with E-state index in [9.17, 15) is 18.7 Å². The van der Waals surface area contributed by atoms with Gasteiger partial charge in [-0.15, -0.1) is 0 Å². The molecule has 1 aromatic rings. The highest BCUT2D eigenvalue weighted by molar-refractivity contribution is 5.71. The Morgan fingerprint density at radius 2 is 1.93 bits per heavy atom. The standard InChI is InChI=1S/C8H8F2N2O2/c9-5-2-1-3-6(10)8(5)12(11)4-7(13)14/h1-3H,4,11H2,(H,13,14)/p-1. The molecule has 0 radical (unpaired) electrons. The van der Waals surface area contributed by atoms with Crippen LogP contribution >= 0.6 is 0 Å². The maximum absolute atomic E-state index is 13.0. The lowest BCUT2D eigenvalue weighted by atomic mass is 10.3. The molecule has 0 spiro atoms. The van der Waals surface area contributed by atoms with Crippen molar-refractivity contribution in [2.45, 2.75) is 0 Å². The average molecular weight is 201 g/mol. The fourth-order valence-corrected chi connectivity index (χ4v) is 0.982. The van der Waals surface area contributed by atoms with E-state index in [2.05, 4.69) is 0 Å². The quantitative estimate of drug-likeness (QED) is 0.523. The first-order valence-corrected chi connectivity index (χ1v) is 3.68. The number of anilines is 1. The van der Waals surface area contributed by atoms with Gasteiger partial charge in [0.05, 0.1) is 12.5 Å². The first-order valence-electron chi connectivity index (χ1n) is 3.68. The lowest BCUT2D eigenvalue weighted by Gasteiger charge is -2.19. The maximum atomic E-state index is 13.0. The van der Waals surface area contributed by atoms with Crippen molar-refractivity contribution >= 4 is 11.7 Å². The van der Waals surface area contributed by atoms with E-state index in [4.69, 9.17) is 5.84 Å². The summed E-state index contributed by atoms with van der Waals surface area (Å²) >= 11 is 0. The molecule has 0 aliphatic heterocycles. The molecule has 0 amide bonds. The van der Waals surface area contributed by atoms with Crippen molar-refractivity contribution in [2.75, 3.05) is 11.6 Å². The Balaban J connectivity index is 2.99. The smallest absolute Gasteiger partial charge is 0.150 e. The van der Waals surface area contributed by atoms with Crippen LogP contribution in [0.1, 0.15) is 0 Å². The minimum absolute atomic E-state index is 0.444. The Bertz CT molecular complexity index is 337. The minimum atomic E-state index is -1.52. The van der Waals surface area contributed by atoms with E-state index in [0.29, 0.717) is 5.01 Å². The van der Waals surface area contributed by atoms with Crippen LogP contribution in [0.15, 0.2) is 18.2 Å². The lowest BCUT2D eigenvalue weighted by Crippen LogP contribution is -2.43. The van der Waals surface area contributed by atoms with Gasteiger partial charge < -0.3 is 9.90 Å². The van der Waals surface area contributed by atoms with Gasteiger partial charge in [0, 0.05) is 0 Å². The van der Waals surface area contributed by atoms with Gasteiger partial charge in [-0.05, 0) is 12.1 Å². The van der Waals surface area contributed by atoms with Crippen LogP contribution in [-0.4, -0.2) is 12.5 Å². The third-order valence-electron chi connectivity index (χ3n) is 1.52. The van der Waals surface area contributed by atoms with Crippen molar-refractivity contribution in [3.05, 3.63) is 29.8 Å². The van der Waals surface area contributed by atoms with Crippen molar-refractivity contribution in [3.63, 3.8) is 0 Å². The molecular weight excluding hydrogens is 194 g/mol. The topological polar surface area (TPSA) is 69.4 Å². The van der Waals surface area contributed by atoms with Crippen molar-refractivity contribution < 1.29 is 18.7 Å². The zero-order valence-corrected chi connectivity index (χ0v) is 7.04. The summed E-state index contributed by atoms with van der Waals surface area (Å²) in [6.07, 6.45) is 0. The fraction of sp³-hybridized carbons (Fsp3) is 0.125. The Morgan fingerprint density at radius 3 is 2.36 bits per heavy atom. The van der Waals surface area contributed by atoms with Crippen molar-refractivity contribution in [1.82, 2.24) is 0 Å². The number of hydrogen-bond donors (Lipinski definition) is 1. The molecular formula is C8H7F2N2O2-. The molecule has 0 heterocycles. The monoisotopic (exact) mass is 201 g/mol. The summed E-state index contributed by atoms with van der Waals surface area (Å²) in [5.41, 5.74) is -0.586. The molecule has 6 heteroatoms. The summed E-state index contributed by atoms with van der Waals surface area (Å²) in [5, 5.41) is 10.6. The summed E-state index contributed by atoms with van der Waals surface area (Å²) in [5.74, 6) is 1.77. The third-order valence-corrected chi connectivity index (χ3v) is 1.52. The predicted octanol–water partition coefficient (Wildman–Crippen LogP) is -0.605. The molecule has 0 aliphatic rings. The van der Waals surface area contributed by atoms with Gasteiger partial charge in [0.2, 0.25) is 0 Å². The van der Waals surface area contributed by atoms with Crippen LogP contribution in [-0.2, 0) is 4.79 Å². The van der Waals surface area contributed by atoms with Gasteiger partial charge >= 0.3 is 0 Å². The van der Waals surface area contributed by atoms with Crippen LogP contribution in [0.4, 0.5) is 14.5 Å². The Morgan fingerprint density at radius 1 is 1.43 bits per heavy atom. The highest BCUT2D eigenvalue weighted by atomic mass is 19.1. The van der Waals surface area contributed by atoms with E-state index in [1.807, 2.05) is 0 Å². The van der Waals surface area contributed by atoms with Gasteiger partial charge in [0.25, 0.3) is 0 Å². The van der Waals surface area contributed by atoms with Crippen LogP contribution in [0, 0.1) is 11.6 Å². The van der Waals surface area contributed by atoms with Gasteiger partial charge in [-0.25, -0.2) is 14.6 Å². The zero-order chi connectivity index (χ0) is 10.7. The van der Waals surface area contributed by atoms with Crippen LogP contribution in [0.3, 0.4) is 0 Å². The number of carbonyl (C=O) groups is 1. The highest BCUT2D eigenvalue weighted by Crippen LogP contribution is 2.20. The summed E-state index contributed by atoms with van der Waals surface area (Å²) in [6, 6.07) is 3.11. The molecule has 0 aromatic heterocycles. The van der Waals surface area contributed by atoms with Gasteiger partial charge in [0.15, 0.2) is 11.6 Å². The number of benzene rings is 1. The van der Waals surface area contributed by atoms with E-state index >= 15 is 0 Å². The molecule has 0 saturated carbocycles. The predicted molar refractivity (Wildman–Crippen MR) is 42.9 cm³/mol. The van der Waals surface area contributed by atoms with Crippen LogP contribution in [0.2, 0.25) is 0 Å². The van der Waals surface area contributed by atoms with Gasteiger partial charge in [0.1, 0.15) is 5.69 Å². The van der Waals surface area contributed by atoms with E-state index in [1.54, 1.807) is 0 Å². The molecule has 14 heavy (non-hydrogen) atoms. The molecule has 1 rings (SSSR count). The second-order valence-electron chi connectivity index (χ2n) is 2.57. The highest BCUT2D eigenvalue weighted by Gasteiger charge is 2.13. The van der Waals surface area contributed by atoms with Crippen LogP contribution in [0.5, 0.6) is 0 Å². The summed E-state index contributed by atoms with van der Waals surface area (Å²) in [7, 11) is 0. The van der Waals surface area contributed by atoms with Crippen molar-refractivity contribution in [3.8, 4) is 0 Å². The van der Waals surface area contributed by atoms with Crippen molar-refractivity contribution in [1.29, 1.82) is 0 Å². The van der Waals surface area contributed by atoms with E-state index in [-0.39, 0.29) is 0 Å². The summed E-state index contributed by atoms with van der Waals surface area (Å²) in [4.78, 5) is 10.1. The van der Waals surface area contributed by atoms with Gasteiger partial charge in [-0.3, -0.25) is 5.01 Å². The number of carboxylic acid groups (broad SMARTS) is 1. The normalized spacial score (nSPS) is 9.93. The van der Waals surface area contributed by atoms with Crippen molar-refractivity contribution in [2.24, 2.45) is 5.84 Å². The van der Waals surface area contributed by atoms with Gasteiger partial charge in [-0.1, -0.05) is 6.07 Å². The Kier molecular flexibility index (Phi) is 2.98. The second kappa shape index (κ2) is 4.01. The SMILES string of the molecule is NN(CC(=O)[O-])c1c(F)cccc1F. The number of rotatable bonds is 3. The fourth-order valence-electron chi connectivity index (χ4n) is 0.982. The lowest BCUT2D eigenvalue weighted by molar-refractivity contribution is -0.303. The molecule has 0 atom stereocenters. The van der Waals surface area contributed by atoms with E-state index < -0.39 is 29.8 Å². The first kappa shape index (κ1) is 10.4. The summed E-state index contributed by atoms with van der Waals surface area (Å²) in [6.45, 7) is -0.780. The van der Waals surface area contributed by atoms with Gasteiger partial charge in [-0.2, -0.15) is 0 Å². The second-order valence-corrected chi connectivity index (χ2v) is 2.57. The molecule has 4 nitrogen and oxygen atoms in total. The zero-order valence-electron chi connectivity index (χ0n) is 7.04. The van der Waals surface area contributed by atoms with E-state index in [1.165, 1.54) is 0 Å². The number of hydrogen-bond acceptors (Lipinski definition) is 4. The number of hydrazine groups is 1. The molecule has 0 aliphatic carbocycles. The number of para-hydroxylation sites is 1. The number of nitrogens with zero attached hydrogens (tertiary/aromatic N) is 1. The molecule has 0 unspecified atom stereocenters. The number of nitrogens with two attached hydrogens (primary N) is 1. The molecule has 76 valence electrons. The molecule has 0 fully saturated rings. The van der Waals surface area contributed by atoms with E-state index in [0.717, 1.165) is 18.2 Å². The van der Waals surface area contributed by atoms with Crippen LogP contribution < -0.4 is 16.0 Å².